The smallest absolute Gasteiger partial charge is 0.251 e. The molecule has 0 aliphatic carbocycles. The van der Waals surface area contributed by atoms with Crippen LogP contribution in [0.1, 0.15) is 23.2 Å². The third kappa shape index (κ3) is 5.14. The van der Waals surface area contributed by atoms with Crippen LogP contribution in [0.5, 0.6) is 5.75 Å². The Morgan fingerprint density at radius 2 is 1.83 bits per heavy atom. The minimum absolute atomic E-state index is 0.00864. The number of carbonyl (C=O) groups is 2. The van der Waals surface area contributed by atoms with Gasteiger partial charge < -0.3 is 15.7 Å². The predicted molar refractivity (Wildman–Crippen MR) is 111 cm³/mol. The fourth-order valence-corrected chi connectivity index (χ4v) is 4.88. The Labute approximate surface area is 177 Å². The number of halogens is 1. The molecule has 1 heterocycles. The fourth-order valence-electron chi connectivity index (χ4n) is 2.94. The summed E-state index contributed by atoms with van der Waals surface area (Å²) in [4.78, 5) is 24.3. The van der Waals surface area contributed by atoms with Gasteiger partial charge in [0.1, 0.15) is 5.75 Å². The van der Waals surface area contributed by atoms with E-state index >= 15 is 0 Å². The third-order valence-corrected chi connectivity index (χ3v) is 6.83. The zero-order valence-electron chi connectivity index (χ0n) is 15.4. The van der Waals surface area contributed by atoms with Gasteiger partial charge in [-0.2, -0.15) is 4.31 Å². The molecule has 0 unspecified atom stereocenters. The number of hydrogen-bond donors (Lipinski definition) is 3. The summed E-state index contributed by atoms with van der Waals surface area (Å²) in [6.07, 6.45) is 1.61. The molecule has 29 heavy (non-hydrogen) atoms. The Kier molecular flexibility index (Phi) is 6.56. The summed E-state index contributed by atoms with van der Waals surface area (Å²) in [5.74, 6) is -1.30. The van der Waals surface area contributed by atoms with Gasteiger partial charge in [0.05, 0.1) is 17.1 Å². The van der Waals surface area contributed by atoms with Crippen LogP contribution in [0.3, 0.4) is 0 Å². The van der Waals surface area contributed by atoms with Crippen molar-refractivity contribution in [2.75, 3.05) is 25.0 Å². The number of sulfonamides is 1. The van der Waals surface area contributed by atoms with Gasteiger partial charge in [-0.3, -0.25) is 9.59 Å². The molecule has 8 nitrogen and oxygen atoms in total. The molecule has 10 heteroatoms. The van der Waals surface area contributed by atoms with E-state index < -0.39 is 21.8 Å². The van der Waals surface area contributed by atoms with Crippen molar-refractivity contribution >= 4 is 43.5 Å². The maximum Gasteiger partial charge on any atom is 0.251 e. The highest BCUT2D eigenvalue weighted by molar-refractivity contribution is 9.10. The average Bonchev–Trinajstić information content (AvgIpc) is 3.23. The zero-order valence-corrected chi connectivity index (χ0v) is 17.8. The first kappa shape index (κ1) is 21.3. The molecule has 0 atom stereocenters. The molecule has 1 fully saturated rings. The van der Waals surface area contributed by atoms with Crippen LogP contribution in [0.25, 0.3) is 0 Å². The van der Waals surface area contributed by atoms with Crippen molar-refractivity contribution in [3.63, 3.8) is 0 Å². The Morgan fingerprint density at radius 1 is 1.10 bits per heavy atom. The number of rotatable bonds is 6. The molecule has 2 amide bonds. The van der Waals surface area contributed by atoms with Gasteiger partial charge in [-0.25, -0.2) is 8.42 Å². The highest BCUT2D eigenvalue weighted by Gasteiger charge is 2.28. The Hall–Kier alpha value is -2.43. The lowest BCUT2D eigenvalue weighted by Gasteiger charge is -2.16. The maximum atomic E-state index is 12.7. The highest BCUT2D eigenvalue weighted by atomic mass is 79.9. The highest BCUT2D eigenvalue weighted by Crippen LogP contribution is 2.29. The van der Waals surface area contributed by atoms with Gasteiger partial charge in [-0.15, -0.1) is 0 Å². The van der Waals surface area contributed by atoms with Crippen LogP contribution in [0.2, 0.25) is 0 Å². The van der Waals surface area contributed by atoms with Crippen LogP contribution in [-0.2, 0) is 14.8 Å². The first-order valence-corrected chi connectivity index (χ1v) is 11.2. The van der Waals surface area contributed by atoms with Gasteiger partial charge >= 0.3 is 0 Å². The summed E-state index contributed by atoms with van der Waals surface area (Å²) in [5.41, 5.74) is 0.348. The van der Waals surface area contributed by atoms with Crippen molar-refractivity contribution in [1.82, 2.24) is 9.62 Å². The van der Waals surface area contributed by atoms with Crippen LogP contribution >= 0.6 is 15.9 Å². The fraction of sp³-hybridized carbons (Fsp3) is 0.263. The second-order valence-electron chi connectivity index (χ2n) is 6.53. The molecule has 1 aliphatic rings. The van der Waals surface area contributed by atoms with E-state index in [0.717, 1.165) is 17.3 Å². The lowest BCUT2D eigenvalue weighted by Crippen LogP contribution is -2.33. The molecule has 1 saturated heterocycles. The minimum Gasteiger partial charge on any atom is -0.506 e. The number of phenols is 1. The predicted octanol–water partition coefficient (Wildman–Crippen LogP) is 2.31. The molecular weight excluding hydrogens is 462 g/mol. The van der Waals surface area contributed by atoms with Crippen molar-refractivity contribution < 1.29 is 23.1 Å². The molecule has 3 N–H and O–H groups in total. The number of nitrogens with zero attached hydrogens (tertiary/aromatic N) is 1. The standard InChI is InChI=1S/C19H20BrN3O5S/c20-14-5-3-4-13(10-14)19(26)21-12-18(25)22-16-11-15(6-7-17(16)24)29(27,28)23-8-1-2-9-23/h3-7,10-11,24H,1-2,8-9,12H2,(H,21,26)(H,22,25). The number of phenolic OH excluding ortho intramolecular Hbond substituents is 1. The maximum absolute atomic E-state index is 12.7. The summed E-state index contributed by atoms with van der Waals surface area (Å²) >= 11 is 3.27. The quantitative estimate of drug-likeness (QED) is 0.547. The van der Waals surface area contributed by atoms with Crippen LogP contribution in [-0.4, -0.2) is 49.3 Å². The molecule has 0 aromatic heterocycles. The van der Waals surface area contributed by atoms with Crippen molar-refractivity contribution in [3.8, 4) is 5.75 Å². The van der Waals surface area contributed by atoms with Gasteiger partial charge in [0, 0.05) is 23.1 Å². The number of amides is 2. The van der Waals surface area contributed by atoms with E-state index in [1.807, 2.05) is 0 Å². The molecule has 1 aliphatic heterocycles. The van der Waals surface area contributed by atoms with E-state index in [0.29, 0.717) is 18.7 Å². The number of benzene rings is 2. The van der Waals surface area contributed by atoms with E-state index in [1.54, 1.807) is 24.3 Å². The van der Waals surface area contributed by atoms with Crippen molar-refractivity contribution in [1.29, 1.82) is 0 Å². The summed E-state index contributed by atoms with van der Waals surface area (Å²) in [7, 11) is -3.68. The van der Waals surface area contributed by atoms with E-state index in [-0.39, 0.29) is 22.9 Å². The van der Waals surface area contributed by atoms with Gasteiger partial charge in [0.25, 0.3) is 5.91 Å². The molecule has 0 bridgehead atoms. The zero-order chi connectivity index (χ0) is 21.0. The Balaban J connectivity index is 1.66. The lowest BCUT2D eigenvalue weighted by molar-refractivity contribution is -0.115. The Bertz CT molecular complexity index is 1040. The molecule has 2 aromatic rings. The minimum atomic E-state index is -3.68. The summed E-state index contributed by atoms with van der Waals surface area (Å²) in [6, 6.07) is 10.4. The average molecular weight is 482 g/mol. The summed E-state index contributed by atoms with van der Waals surface area (Å²) < 4.78 is 27.4. The van der Waals surface area contributed by atoms with Gasteiger partial charge in [0.15, 0.2) is 0 Å². The van der Waals surface area contributed by atoms with Crippen LogP contribution in [0, 0.1) is 0 Å². The number of aromatic hydroxyl groups is 1. The normalized spacial score (nSPS) is 14.5. The van der Waals surface area contributed by atoms with Crippen molar-refractivity contribution in [2.24, 2.45) is 0 Å². The molecule has 3 rings (SSSR count). The van der Waals surface area contributed by atoms with E-state index in [2.05, 4.69) is 26.6 Å². The largest absolute Gasteiger partial charge is 0.506 e. The van der Waals surface area contributed by atoms with E-state index in [1.165, 1.54) is 22.5 Å². The molecule has 154 valence electrons. The number of anilines is 1. The van der Waals surface area contributed by atoms with Gasteiger partial charge in [-0.05, 0) is 49.2 Å². The molecule has 0 saturated carbocycles. The molecule has 0 spiro atoms. The van der Waals surface area contributed by atoms with Crippen LogP contribution in [0.15, 0.2) is 51.8 Å². The number of carbonyl (C=O) groups excluding carboxylic acids is 2. The topological polar surface area (TPSA) is 116 Å². The van der Waals surface area contributed by atoms with Crippen molar-refractivity contribution in [2.45, 2.75) is 17.7 Å². The first-order valence-electron chi connectivity index (χ1n) is 8.94. The van der Waals surface area contributed by atoms with Gasteiger partial charge in [-0.1, -0.05) is 22.0 Å². The second-order valence-corrected chi connectivity index (χ2v) is 9.38. The van der Waals surface area contributed by atoms with Crippen LogP contribution in [0.4, 0.5) is 5.69 Å². The second kappa shape index (κ2) is 8.93. The Morgan fingerprint density at radius 3 is 2.52 bits per heavy atom. The monoisotopic (exact) mass is 481 g/mol. The molecule has 0 radical (unpaired) electrons. The van der Waals surface area contributed by atoms with Crippen molar-refractivity contribution in [3.05, 3.63) is 52.5 Å². The molecular formula is C19H20BrN3O5S. The third-order valence-electron chi connectivity index (χ3n) is 4.44. The summed E-state index contributed by atoms with van der Waals surface area (Å²) in [6.45, 7) is 0.562. The summed E-state index contributed by atoms with van der Waals surface area (Å²) in [5, 5.41) is 14.9. The SMILES string of the molecule is O=C(CNC(=O)c1cccc(Br)c1)Nc1cc(S(=O)(=O)N2CCCC2)ccc1O. The van der Waals surface area contributed by atoms with E-state index in [9.17, 15) is 23.1 Å². The lowest BCUT2D eigenvalue weighted by atomic mass is 10.2. The molecule has 2 aromatic carbocycles. The first-order chi connectivity index (χ1) is 13.8. The van der Waals surface area contributed by atoms with E-state index in [4.69, 9.17) is 0 Å². The number of hydrogen-bond acceptors (Lipinski definition) is 5. The number of nitrogens with one attached hydrogen (secondary N) is 2. The van der Waals surface area contributed by atoms with Crippen LogP contribution < -0.4 is 10.6 Å². The van der Waals surface area contributed by atoms with Gasteiger partial charge in [0.2, 0.25) is 15.9 Å².